The van der Waals surface area contributed by atoms with E-state index >= 15 is 0 Å². The van der Waals surface area contributed by atoms with Crippen LogP contribution in [-0.4, -0.2) is 16.7 Å². The third-order valence-corrected chi connectivity index (χ3v) is 3.93. The molecule has 2 aliphatic rings. The van der Waals surface area contributed by atoms with Crippen molar-refractivity contribution in [2.24, 2.45) is 0 Å². The van der Waals surface area contributed by atoms with E-state index in [2.05, 4.69) is 15.9 Å². The molecule has 1 aromatic rings. The van der Waals surface area contributed by atoms with E-state index in [1.165, 1.54) is 0 Å². The van der Waals surface area contributed by atoms with Gasteiger partial charge in [-0.2, -0.15) is 0 Å². The fourth-order valence-electron chi connectivity index (χ4n) is 2.34. The summed E-state index contributed by atoms with van der Waals surface area (Å²) in [5, 5.41) is 10.2. The first-order valence-corrected chi connectivity index (χ1v) is 6.35. The quantitative estimate of drug-likeness (QED) is 0.809. The fourth-order valence-corrected chi connectivity index (χ4v) is 2.74. The monoisotopic (exact) mass is 294 g/mol. The summed E-state index contributed by atoms with van der Waals surface area (Å²) >= 11 is 3.35. The molecule has 0 unspecified atom stereocenters. The van der Waals surface area contributed by atoms with E-state index < -0.39 is 11.6 Å². The van der Waals surface area contributed by atoms with Gasteiger partial charge >= 0.3 is 5.97 Å². The molecule has 1 aliphatic heterocycles. The molecule has 0 bridgehead atoms. The van der Waals surface area contributed by atoms with Crippen LogP contribution in [-0.2, 0) is 9.53 Å². The van der Waals surface area contributed by atoms with Crippen molar-refractivity contribution in [2.45, 2.75) is 24.9 Å². The van der Waals surface area contributed by atoms with Gasteiger partial charge in [-0.05, 0) is 37.0 Å². The van der Waals surface area contributed by atoms with Gasteiger partial charge in [0.25, 0.3) is 0 Å². The number of aliphatic hydroxyl groups excluding tert-OH is 1. The van der Waals surface area contributed by atoms with E-state index in [1.54, 1.807) is 6.07 Å². The first-order valence-electron chi connectivity index (χ1n) is 5.55. The van der Waals surface area contributed by atoms with Gasteiger partial charge in [0.15, 0.2) is 11.4 Å². The molecule has 1 aromatic carbocycles. The lowest BCUT2D eigenvalue weighted by molar-refractivity contribution is -0.154. The minimum absolute atomic E-state index is 0.104. The van der Waals surface area contributed by atoms with Crippen LogP contribution in [0.15, 0.2) is 34.5 Å². The number of rotatable bonds is 1. The lowest BCUT2D eigenvalue weighted by Gasteiger charge is -2.36. The lowest BCUT2D eigenvalue weighted by Crippen LogP contribution is -2.39. The first kappa shape index (κ1) is 10.8. The Hall–Kier alpha value is -1.29. The molecule has 1 spiro atoms. The minimum Gasteiger partial charge on any atom is -0.507 e. The Bertz CT molecular complexity index is 529. The number of carbonyl (C=O) groups excluding carboxylic acids is 1. The summed E-state index contributed by atoms with van der Waals surface area (Å²) in [6, 6.07) is 7.32. The number of hydrogen-bond acceptors (Lipinski definition) is 3. The molecule has 0 aromatic heterocycles. The maximum Gasteiger partial charge on any atom is 0.343 e. The molecular weight excluding hydrogens is 284 g/mol. The molecule has 0 saturated heterocycles. The summed E-state index contributed by atoms with van der Waals surface area (Å²) in [6.07, 6.45) is 2.44. The number of ether oxygens (including phenoxy) is 1. The molecule has 1 N–H and O–H groups in total. The Labute approximate surface area is 107 Å². The number of carbonyl (C=O) groups is 1. The number of halogens is 1. The summed E-state index contributed by atoms with van der Waals surface area (Å²) in [4.78, 5) is 11.8. The van der Waals surface area contributed by atoms with Crippen molar-refractivity contribution in [3.8, 4) is 0 Å². The van der Waals surface area contributed by atoms with Gasteiger partial charge in [0.2, 0.25) is 0 Å². The Balaban J connectivity index is 2.10. The highest BCUT2D eigenvalue weighted by atomic mass is 79.9. The smallest absolute Gasteiger partial charge is 0.343 e. The van der Waals surface area contributed by atoms with Crippen LogP contribution in [0.2, 0.25) is 0 Å². The Morgan fingerprint density at radius 1 is 1.35 bits per heavy atom. The van der Waals surface area contributed by atoms with Crippen LogP contribution in [0.5, 0.6) is 0 Å². The van der Waals surface area contributed by atoms with Crippen molar-refractivity contribution >= 4 is 27.5 Å². The summed E-state index contributed by atoms with van der Waals surface area (Å²) in [5.74, 6) is -0.313. The summed E-state index contributed by atoms with van der Waals surface area (Å²) in [6.45, 7) is 0. The van der Waals surface area contributed by atoms with Gasteiger partial charge in [-0.25, -0.2) is 4.79 Å². The van der Waals surface area contributed by atoms with Gasteiger partial charge < -0.3 is 9.84 Å². The maximum atomic E-state index is 11.8. The predicted molar refractivity (Wildman–Crippen MR) is 66.4 cm³/mol. The molecule has 4 heteroatoms. The topological polar surface area (TPSA) is 46.5 Å². The van der Waals surface area contributed by atoms with E-state index in [0.717, 1.165) is 23.7 Å². The Kier molecular flexibility index (Phi) is 2.30. The number of hydrogen-bond donors (Lipinski definition) is 1. The second kappa shape index (κ2) is 3.60. The molecule has 1 aliphatic carbocycles. The van der Waals surface area contributed by atoms with Gasteiger partial charge in [-0.15, -0.1) is 0 Å². The van der Waals surface area contributed by atoms with Gasteiger partial charge in [0, 0.05) is 4.47 Å². The number of benzene rings is 1. The standard InChI is InChI=1S/C13H11BrO3/c14-9-4-1-3-8(7-9)10-11(15)13(5-2-6-13)17-12(10)16/h1,3-4,7,15H,2,5-6H2. The molecule has 0 radical (unpaired) electrons. The lowest BCUT2D eigenvalue weighted by atomic mass is 9.78. The minimum atomic E-state index is -0.714. The van der Waals surface area contributed by atoms with E-state index in [-0.39, 0.29) is 5.76 Å². The van der Waals surface area contributed by atoms with Gasteiger partial charge in [-0.3, -0.25) is 0 Å². The second-order valence-corrected chi connectivity index (χ2v) is 5.39. The van der Waals surface area contributed by atoms with Crippen molar-refractivity contribution in [3.05, 3.63) is 40.1 Å². The van der Waals surface area contributed by atoms with E-state index in [4.69, 9.17) is 4.74 Å². The highest BCUT2D eigenvalue weighted by Gasteiger charge is 2.52. The van der Waals surface area contributed by atoms with Crippen LogP contribution in [0, 0.1) is 0 Å². The zero-order chi connectivity index (χ0) is 12.0. The van der Waals surface area contributed by atoms with Crippen LogP contribution in [0.3, 0.4) is 0 Å². The van der Waals surface area contributed by atoms with E-state index in [9.17, 15) is 9.90 Å². The van der Waals surface area contributed by atoms with Crippen molar-refractivity contribution in [1.29, 1.82) is 0 Å². The largest absolute Gasteiger partial charge is 0.507 e. The highest BCUT2D eigenvalue weighted by molar-refractivity contribution is 9.10. The summed E-state index contributed by atoms with van der Waals surface area (Å²) < 4.78 is 6.20. The molecule has 0 amide bonds. The predicted octanol–water partition coefficient (Wildman–Crippen LogP) is 3.20. The average Bonchev–Trinajstić information content (AvgIpc) is 2.50. The fraction of sp³-hybridized carbons (Fsp3) is 0.308. The van der Waals surface area contributed by atoms with Crippen LogP contribution < -0.4 is 0 Å². The van der Waals surface area contributed by atoms with Crippen LogP contribution in [0.1, 0.15) is 24.8 Å². The molecule has 3 rings (SSSR count). The normalized spacial score (nSPS) is 21.6. The SMILES string of the molecule is O=C1OC2(CCC2)C(O)=C1c1cccc(Br)c1. The summed E-state index contributed by atoms with van der Waals surface area (Å²) in [5.41, 5.74) is 0.297. The second-order valence-electron chi connectivity index (χ2n) is 4.47. The average molecular weight is 295 g/mol. The van der Waals surface area contributed by atoms with Crippen LogP contribution in [0.4, 0.5) is 0 Å². The van der Waals surface area contributed by atoms with Crippen molar-refractivity contribution in [2.75, 3.05) is 0 Å². The highest BCUT2D eigenvalue weighted by Crippen LogP contribution is 2.48. The van der Waals surface area contributed by atoms with Gasteiger partial charge in [0.1, 0.15) is 5.57 Å². The molecule has 1 heterocycles. The van der Waals surface area contributed by atoms with Crippen molar-refractivity contribution < 1.29 is 14.6 Å². The third-order valence-electron chi connectivity index (χ3n) is 3.44. The molecule has 3 nitrogen and oxygen atoms in total. The van der Waals surface area contributed by atoms with E-state index in [0.29, 0.717) is 11.1 Å². The molecule has 1 saturated carbocycles. The van der Waals surface area contributed by atoms with Crippen molar-refractivity contribution in [1.82, 2.24) is 0 Å². The molecule has 88 valence electrons. The maximum absolute atomic E-state index is 11.8. The number of esters is 1. The third kappa shape index (κ3) is 1.51. The van der Waals surface area contributed by atoms with Gasteiger partial charge in [0.05, 0.1) is 0 Å². The zero-order valence-corrected chi connectivity index (χ0v) is 10.7. The molecule has 1 fully saturated rings. The molecule has 17 heavy (non-hydrogen) atoms. The van der Waals surface area contributed by atoms with E-state index in [1.807, 2.05) is 18.2 Å². The number of aliphatic hydroxyl groups is 1. The Morgan fingerprint density at radius 2 is 2.12 bits per heavy atom. The first-order chi connectivity index (χ1) is 8.12. The molecule has 0 atom stereocenters. The van der Waals surface area contributed by atoms with Crippen LogP contribution >= 0.6 is 15.9 Å². The molecular formula is C13H11BrO3. The zero-order valence-electron chi connectivity index (χ0n) is 9.07. The summed E-state index contributed by atoms with van der Waals surface area (Å²) in [7, 11) is 0. The van der Waals surface area contributed by atoms with Gasteiger partial charge in [-0.1, -0.05) is 28.1 Å². The van der Waals surface area contributed by atoms with Crippen LogP contribution in [0.25, 0.3) is 5.57 Å². The Morgan fingerprint density at radius 3 is 2.65 bits per heavy atom. The van der Waals surface area contributed by atoms with Crippen molar-refractivity contribution in [3.63, 3.8) is 0 Å².